The van der Waals surface area contributed by atoms with Gasteiger partial charge in [0.15, 0.2) is 0 Å². The van der Waals surface area contributed by atoms with Gasteiger partial charge in [0, 0.05) is 37.4 Å². The van der Waals surface area contributed by atoms with Crippen LogP contribution in [0.1, 0.15) is 41.9 Å². The number of hydrogen-bond acceptors (Lipinski definition) is 4. The lowest BCUT2D eigenvalue weighted by atomic mass is 9.93. The predicted octanol–water partition coefficient (Wildman–Crippen LogP) is 3.55. The van der Waals surface area contributed by atoms with Crippen molar-refractivity contribution >= 4 is 34.2 Å². The summed E-state index contributed by atoms with van der Waals surface area (Å²) in [4.78, 5) is 38.8. The van der Waals surface area contributed by atoms with E-state index in [0.29, 0.717) is 13.0 Å². The van der Waals surface area contributed by atoms with Gasteiger partial charge in [0.1, 0.15) is 5.82 Å². The van der Waals surface area contributed by atoms with Crippen molar-refractivity contribution in [3.05, 3.63) is 52.5 Å². The van der Waals surface area contributed by atoms with E-state index < -0.39 is 0 Å². The fraction of sp³-hybridized carbons (Fsp3) is 0.409. The van der Waals surface area contributed by atoms with E-state index in [2.05, 4.69) is 4.98 Å². The lowest BCUT2D eigenvalue weighted by Crippen LogP contribution is -2.43. The Kier molecular flexibility index (Phi) is 4.62. The summed E-state index contributed by atoms with van der Waals surface area (Å²) in [5.41, 5.74) is 2.00. The number of carbonyl (C=O) groups excluding carboxylic acids is 2. The van der Waals surface area contributed by atoms with Crippen LogP contribution in [0.25, 0.3) is 11.0 Å². The molecule has 2 saturated heterocycles. The van der Waals surface area contributed by atoms with E-state index in [4.69, 9.17) is 4.98 Å². The van der Waals surface area contributed by atoms with Gasteiger partial charge in [-0.2, -0.15) is 0 Å². The highest BCUT2D eigenvalue weighted by atomic mass is 32.1. The van der Waals surface area contributed by atoms with Crippen LogP contribution in [0.15, 0.2) is 41.8 Å². The second-order valence-electron chi connectivity index (χ2n) is 8.04. The highest BCUT2D eigenvalue weighted by Gasteiger charge is 2.45. The van der Waals surface area contributed by atoms with Gasteiger partial charge in [-0.15, -0.1) is 11.3 Å². The maximum Gasteiger partial charge on any atom is 0.228 e. The van der Waals surface area contributed by atoms with Crippen molar-refractivity contribution in [1.29, 1.82) is 0 Å². The van der Waals surface area contributed by atoms with E-state index in [-0.39, 0.29) is 29.7 Å². The lowest BCUT2D eigenvalue weighted by molar-refractivity contribution is -0.137. The van der Waals surface area contributed by atoms with Crippen LogP contribution in [0.5, 0.6) is 0 Å². The molecule has 1 N–H and O–H groups in total. The van der Waals surface area contributed by atoms with E-state index in [0.717, 1.165) is 41.1 Å². The molecule has 2 amide bonds. The average molecular weight is 409 g/mol. The molecule has 3 atom stereocenters. The van der Waals surface area contributed by atoms with Crippen molar-refractivity contribution in [2.24, 2.45) is 5.92 Å². The van der Waals surface area contributed by atoms with Gasteiger partial charge in [0.05, 0.1) is 23.0 Å². The molecular weight excluding hydrogens is 384 g/mol. The monoisotopic (exact) mass is 408 g/mol. The van der Waals surface area contributed by atoms with Crippen LogP contribution in [0.4, 0.5) is 0 Å². The van der Waals surface area contributed by atoms with Crippen molar-refractivity contribution in [3.63, 3.8) is 0 Å². The first-order chi connectivity index (χ1) is 14.1. The van der Waals surface area contributed by atoms with Crippen LogP contribution >= 0.6 is 11.3 Å². The van der Waals surface area contributed by atoms with Crippen LogP contribution < -0.4 is 0 Å². The molecule has 150 valence electrons. The number of nitrogens with one attached hydrogen (secondary N) is 1. The molecule has 0 spiro atoms. The molecule has 29 heavy (non-hydrogen) atoms. The molecule has 5 rings (SSSR count). The number of fused-ring (bicyclic) bond motifs is 1. The first-order valence-electron chi connectivity index (χ1n) is 10.1. The Morgan fingerprint density at radius 1 is 1.24 bits per heavy atom. The number of thiophene rings is 1. The van der Waals surface area contributed by atoms with Gasteiger partial charge in [-0.05, 0) is 36.4 Å². The normalized spacial score (nSPS) is 25.1. The summed E-state index contributed by atoms with van der Waals surface area (Å²) in [5, 5.41) is 2.01. The second-order valence-corrected chi connectivity index (χ2v) is 9.02. The van der Waals surface area contributed by atoms with E-state index in [9.17, 15) is 9.59 Å². The third-order valence-corrected chi connectivity index (χ3v) is 7.21. The molecule has 0 radical (unpaired) electrons. The molecule has 2 fully saturated rings. The number of amides is 2. The number of para-hydroxylation sites is 2. The number of carbonyl (C=O) groups is 2. The quantitative estimate of drug-likeness (QED) is 0.721. The Hall–Kier alpha value is -2.67. The first-order valence-corrected chi connectivity index (χ1v) is 11.0. The number of benzene rings is 1. The van der Waals surface area contributed by atoms with Gasteiger partial charge < -0.3 is 14.8 Å². The molecular formula is C22H24N4O2S. The number of imidazole rings is 1. The van der Waals surface area contributed by atoms with Gasteiger partial charge in [-0.25, -0.2) is 4.98 Å². The minimum Gasteiger partial charge on any atom is -0.342 e. The van der Waals surface area contributed by atoms with Crippen molar-refractivity contribution in [1.82, 2.24) is 19.8 Å². The highest BCUT2D eigenvalue weighted by molar-refractivity contribution is 7.10. The molecule has 0 bridgehead atoms. The van der Waals surface area contributed by atoms with Gasteiger partial charge in [0.25, 0.3) is 0 Å². The zero-order valence-corrected chi connectivity index (χ0v) is 17.2. The van der Waals surface area contributed by atoms with E-state index in [1.54, 1.807) is 16.2 Å². The Labute approximate surface area is 173 Å². The van der Waals surface area contributed by atoms with Crippen molar-refractivity contribution < 1.29 is 9.59 Å². The Bertz CT molecular complexity index is 1010. The third-order valence-electron chi connectivity index (χ3n) is 6.27. The van der Waals surface area contributed by atoms with Gasteiger partial charge >= 0.3 is 0 Å². The number of hydrogen-bond donors (Lipinski definition) is 1. The lowest BCUT2D eigenvalue weighted by Gasteiger charge is -2.35. The van der Waals surface area contributed by atoms with Gasteiger partial charge in [-0.3, -0.25) is 9.59 Å². The second kappa shape index (κ2) is 7.30. The summed E-state index contributed by atoms with van der Waals surface area (Å²) < 4.78 is 0. The van der Waals surface area contributed by atoms with Crippen molar-refractivity contribution in [2.45, 2.75) is 31.2 Å². The molecule has 6 nitrogen and oxygen atoms in total. The SMILES string of the molecule is CN1C(=O)CC(C(=O)N2CCCC(c3nc4ccccc4[nH]3)C2)C1c1cccs1. The maximum absolute atomic E-state index is 13.5. The maximum atomic E-state index is 13.5. The summed E-state index contributed by atoms with van der Waals surface area (Å²) in [6.45, 7) is 1.41. The summed E-state index contributed by atoms with van der Waals surface area (Å²) in [6, 6.07) is 11.9. The van der Waals surface area contributed by atoms with E-state index in [1.807, 2.05) is 53.7 Å². The van der Waals surface area contributed by atoms with E-state index in [1.165, 1.54) is 0 Å². The van der Waals surface area contributed by atoms with Crippen molar-refractivity contribution in [2.75, 3.05) is 20.1 Å². The van der Waals surface area contributed by atoms with Crippen LogP contribution in [0.2, 0.25) is 0 Å². The topological polar surface area (TPSA) is 69.3 Å². The zero-order valence-electron chi connectivity index (χ0n) is 16.4. The van der Waals surface area contributed by atoms with Crippen molar-refractivity contribution in [3.8, 4) is 0 Å². The Balaban J connectivity index is 1.37. The number of aromatic amines is 1. The fourth-order valence-electron chi connectivity index (χ4n) is 4.74. The smallest absolute Gasteiger partial charge is 0.228 e. The first kappa shape index (κ1) is 18.4. The number of piperidine rings is 1. The Morgan fingerprint density at radius 2 is 2.10 bits per heavy atom. The molecule has 2 aromatic heterocycles. The summed E-state index contributed by atoms with van der Waals surface area (Å²) in [7, 11) is 1.81. The molecule has 0 saturated carbocycles. The average Bonchev–Trinajstić information content (AvgIpc) is 3.47. The molecule has 2 aliphatic rings. The zero-order chi connectivity index (χ0) is 20.0. The largest absolute Gasteiger partial charge is 0.342 e. The number of likely N-dealkylation sites (tertiary alicyclic amines) is 2. The van der Waals surface area contributed by atoms with Gasteiger partial charge in [-0.1, -0.05) is 18.2 Å². The van der Waals surface area contributed by atoms with Crippen LogP contribution in [0, 0.1) is 5.92 Å². The van der Waals surface area contributed by atoms with Gasteiger partial charge in [0.2, 0.25) is 11.8 Å². The van der Waals surface area contributed by atoms with Crippen LogP contribution in [0.3, 0.4) is 0 Å². The number of rotatable bonds is 3. The van der Waals surface area contributed by atoms with E-state index >= 15 is 0 Å². The number of aromatic nitrogens is 2. The molecule has 2 aliphatic heterocycles. The summed E-state index contributed by atoms with van der Waals surface area (Å²) in [6.07, 6.45) is 2.26. The summed E-state index contributed by atoms with van der Waals surface area (Å²) in [5.74, 6) is 1.00. The highest BCUT2D eigenvalue weighted by Crippen LogP contribution is 2.40. The minimum atomic E-state index is -0.305. The minimum absolute atomic E-state index is 0.0487. The Morgan fingerprint density at radius 3 is 2.90 bits per heavy atom. The predicted molar refractivity (Wildman–Crippen MR) is 113 cm³/mol. The molecule has 1 aromatic carbocycles. The number of H-pyrrole nitrogens is 1. The standard InChI is InChI=1S/C22H24N4O2S/c1-25-19(27)12-15(20(25)18-9-5-11-29-18)22(28)26-10-4-6-14(13-26)21-23-16-7-2-3-8-17(16)24-21/h2-3,5,7-9,11,14-15,20H,4,6,10,12-13H2,1H3,(H,23,24). The molecule has 3 aromatic rings. The van der Waals surface area contributed by atoms with Crippen LogP contribution in [-0.4, -0.2) is 51.7 Å². The molecule has 3 unspecified atom stereocenters. The summed E-state index contributed by atoms with van der Waals surface area (Å²) >= 11 is 1.61. The number of nitrogens with zero attached hydrogens (tertiary/aromatic N) is 3. The molecule has 7 heteroatoms. The fourth-order valence-corrected chi connectivity index (χ4v) is 5.67. The van der Waals surface area contributed by atoms with Crippen LogP contribution in [-0.2, 0) is 9.59 Å². The molecule has 4 heterocycles. The third kappa shape index (κ3) is 3.23. The molecule has 0 aliphatic carbocycles.